The molecule has 1 rings (SSSR count). The molecule has 1 amide bonds. The van der Waals surface area contributed by atoms with E-state index in [0.29, 0.717) is 0 Å². The van der Waals surface area contributed by atoms with Crippen molar-refractivity contribution in [2.24, 2.45) is 5.90 Å². The number of hydrogen-bond acceptors (Lipinski definition) is 7. The number of nitrogens with zero attached hydrogens (tertiary/aromatic N) is 2. The van der Waals surface area contributed by atoms with E-state index in [-0.39, 0.29) is 30.6 Å². The third kappa shape index (κ3) is 4.40. The summed E-state index contributed by atoms with van der Waals surface area (Å²) in [5, 5.41) is 17.6. The van der Waals surface area contributed by atoms with E-state index >= 15 is 0 Å². The maximum absolute atomic E-state index is 10.3. The Kier molecular flexibility index (Phi) is 4.78. The Morgan fingerprint density at radius 1 is 1.47 bits per heavy atom. The predicted octanol–water partition coefficient (Wildman–Crippen LogP) is -0.661. The molecule has 9 nitrogen and oxygen atoms in total. The van der Waals surface area contributed by atoms with Crippen LogP contribution in [0.5, 0.6) is 5.88 Å². The first-order chi connectivity index (χ1) is 8.13. The van der Waals surface area contributed by atoms with Crippen LogP contribution in [0.2, 0.25) is 0 Å². The van der Waals surface area contributed by atoms with Crippen molar-refractivity contribution < 1.29 is 19.5 Å². The van der Waals surface area contributed by atoms with Crippen LogP contribution >= 0.6 is 0 Å². The first-order valence-corrected chi connectivity index (χ1v) is 4.49. The smallest absolute Gasteiger partial charge is 0.410 e. The van der Waals surface area contributed by atoms with Gasteiger partial charge in [0.25, 0.3) is 0 Å². The number of nitrogens with two attached hydrogens (primary N) is 1. The molecule has 9 heteroatoms. The minimum Gasteiger partial charge on any atom is -0.474 e. The molecule has 0 atom stereocenters. The van der Waals surface area contributed by atoms with E-state index in [1.54, 1.807) is 0 Å². The van der Waals surface area contributed by atoms with Crippen molar-refractivity contribution in [1.82, 2.24) is 15.3 Å². The Balaban J connectivity index is 2.55. The Hall–Kier alpha value is -2.26. The van der Waals surface area contributed by atoms with Gasteiger partial charge in [0.05, 0.1) is 12.4 Å². The van der Waals surface area contributed by atoms with Crippen LogP contribution in [-0.4, -0.2) is 40.2 Å². The van der Waals surface area contributed by atoms with Gasteiger partial charge in [-0.25, -0.2) is 20.7 Å². The number of carbonyl (C=O) groups is 1. The quantitative estimate of drug-likeness (QED) is 0.232. The highest BCUT2D eigenvalue weighted by Gasteiger charge is 2.07. The van der Waals surface area contributed by atoms with Crippen molar-refractivity contribution in [3.8, 4) is 5.88 Å². The first-order valence-electron chi connectivity index (χ1n) is 4.49. The largest absolute Gasteiger partial charge is 0.474 e. The minimum atomic E-state index is -1.34. The Labute approximate surface area is 96.0 Å². The van der Waals surface area contributed by atoms with Crippen LogP contribution in [0.15, 0.2) is 12.4 Å². The van der Waals surface area contributed by atoms with Crippen molar-refractivity contribution in [3.05, 3.63) is 18.1 Å². The third-order valence-electron chi connectivity index (χ3n) is 1.57. The molecule has 0 saturated heterocycles. The summed E-state index contributed by atoms with van der Waals surface area (Å²) in [7, 11) is 0. The zero-order valence-corrected chi connectivity index (χ0v) is 8.71. The van der Waals surface area contributed by atoms with Crippen LogP contribution in [0, 0.1) is 5.41 Å². The minimum absolute atomic E-state index is 0.0924. The summed E-state index contributed by atoms with van der Waals surface area (Å²) in [5.41, 5.74) is 0.0924. The lowest BCUT2D eigenvalue weighted by molar-refractivity contribution is 0.100. The van der Waals surface area contributed by atoms with Crippen LogP contribution < -0.4 is 16.0 Å². The molecule has 0 unspecified atom stereocenters. The molecule has 0 fully saturated rings. The summed E-state index contributed by atoms with van der Waals surface area (Å²) in [6.45, 7) is 0.426. The Morgan fingerprint density at radius 3 is 2.76 bits per heavy atom. The van der Waals surface area contributed by atoms with Gasteiger partial charge in [-0.15, -0.1) is 0 Å². The summed E-state index contributed by atoms with van der Waals surface area (Å²) >= 11 is 0. The molecule has 0 bridgehead atoms. The number of carboxylic acid groups (broad SMARTS) is 1. The van der Waals surface area contributed by atoms with Gasteiger partial charge in [0.1, 0.15) is 18.9 Å². The first kappa shape index (κ1) is 12.8. The van der Waals surface area contributed by atoms with Crippen LogP contribution in [0.3, 0.4) is 0 Å². The third-order valence-corrected chi connectivity index (χ3v) is 1.57. The van der Waals surface area contributed by atoms with Gasteiger partial charge >= 0.3 is 6.09 Å². The molecule has 0 spiro atoms. The lowest BCUT2D eigenvalue weighted by atomic mass is 10.4. The number of ether oxygens (including phenoxy) is 1. The highest BCUT2D eigenvalue weighted by Crippen LogP contribution is 2.03. The average Bonchev–Trinajstić information content (AvgIpc) is 2.29. The molecule has 0 aliphatic heterocycles. The van der Waals surface area contributed by atoms with E-state index < -0.39 is 6.09 Å². The molecular weight excluding hydrogens is 230 g/mol. The SMILES string of the molecule is N=C(NC(=O)O)c1cnc(OCCON)cn1. The molecule has 1 aromatic heterocycles. The predicted molar refractivity (Wildman–Crippen MR) is 55.7 cm³/mol. The summed E-state index contributed by atoms with van der Waals surface area (Å²) in [6.07, 6.45) is 1.15. The highest BCUT2D eigenvalue weighted by molar-refractivity contribution is 6.02. The molecule has 1 heterocycles. The second-order valence-electron chi connectivity index (χ2n) is 2.76. The van der Waals surface area contributed by atoms with Crippen molar-refractivity contribution in [2.75, 3.05) is 13.2 Å². The monoisotopic (exact) mass is 241 g/mol. The van der Waals surface area contributed by atoms with E-state index in [4.69, 9.17) is 21.1 Å². The molecule has 0 aliphatic carbocycles. The Morgan fingerprint density at radius 2 is 2.24 bits per heavy atom. The summed E-state index contributed by atoms with van der Waals surface area (Å²) in [5.74, 6) is 4.67. The van der Waals surface area contributed by atoms with Crippen molar-refractivity contribution in [2.45, 2.75) is 0 Å². The maximum atomic E-state index is 10.3. The molecule has 0 aromatic carbocycles. The topological polar surface area (TPSA) is 143 Å². The van der Waals surface area contributed by atoms with Gasteiger partial charge in [0, 0.05) is 0 Å². The molecule has 92 valence electrons. The number of hydrogen-bond donors (Lipinski definition) is 4. The van der Waals surface area contributed by atoms with Crippen molar-refractivity contribution in [3.63, 3.8) is 0 Å². The zero-order chi connectivity index (χ0) is 12.7. The fraction of sp³-hybridized carbons (Fsp3) is 0.250. The second kappa shape index (κ2) is 6.35. The van der Waals surface area contributed by atoms with Gasteiger partial charge in [0.2, 0.25) is 5.88 Å². The molecule has 5 N–H and O–H groups in total. The average molecular weight is 241 g/mol. The van der Waals surface area contributed by atoms with Gasteiger partial charge < -0.3 is 14.7 Å². The van der Waals surface area contributed by atoms with Crippen molar-refractivity contribution >= 4 is 11.9 Å². The normalized spacial score (nSPS) is 9.71. The standard InChI is InChI=1S/C8H11N5O4/c9-7(13-8(14)15)5-3-12-6(4-11-5)16-1-2-17-10/h3-4H,1-2,10H2,(H2,9,13)(H,14,15). The van der Waals surface area contributed by atoms with Gasteiger partial charge in [-0.3, -0.25) is 10.7 Å². The van der Waals surface area contributed by atoms with Crippen LogP contribution in [0.4, 0.5) is 4.79 Å². The highest BCUT2D eigenvalue weighted by atomic mass is 16.6. The summed E-state index contributed by atoms with van der Waals surface area (Å²) < 4.78 is 5.08. The van der Waals surface area contributed by atoms with E-state index in [2.05, 4.69) is 14.8 Å². The number of aromatic nitrogens is 2. The lowest BCUT2D eigenvalue weighted by Crippen LogP contribution is -2.29. The second-order valence-corrected chi connectivity index (χ2v) is 2.76. The van der Waals surface area contributed by atoms with Crippen molar-refractivity contribution in [1.29, 1.82) is 5.41 Å². The van der Waals surface area contributed by atoms with Gasteiger partial charge in [-0.1, -0.05) is 0 Å². The van der Waals surface area contributed by atoms with E-state index in [1.807, 2.05) is 5.32 Å². The summed E-state index contributed by atoms with van der Waals surface area (Å²) in [4.78, 5) is 22.2. The van der Waals surface area contributed by atoms with E-state index in [1.165, 1.54) is 12.4 Å². The fourth-order valence-corrected chi connectivity index (χ4v) is 0.885. The van der Waals surface area contributed by atoms with Crippen LogP contribution in [0.1, 0.15) is 5.69 Å². The van der Waals surface area contributed by atoms with E-state index in [9.17, 15) is 4.79 Å². The number of nitrogens with one attached hydrogen (secondary N) is 2. The van der Waals surface area contributed by atoms with Gasteiger partial charge in [0.15, 0.2) is 5.84 Å². The molecular formula is C8H11N5O4. The molecule has 0 radical (unpaired) electrons. The molecule has 1 aromatic rings. The summed E-state index contributed by atoms with van der Waals surface area (Å²) in [6, 6.07) is 0. The molecule has 17 heavy (non-hydrogen) atoms. The number of amidine groups is 1. The number of amides is 1. The van der Waals surface area contributed by atoms with Crippen LogP contribution in [0.25, 0.3) is 0 Å². The fourth-order valence-electron chi connectivity index (χ4n) is 0.885. The zero-order valence-electron chi connectivity index (χ0n) is 8.71. The molecule has 0 aliphatic rings. The van der Waals surface area contributed by atoms with E-state index in [0.717, 1.165) is 0 Å². The Bertz CT molecular complexity index is 393. The van der Waals surface area contributed by atoms with Crippen LogP contribution in [-0.2, 0) is 4.84 Å². The van der Waals surface area contributed by atoms with Gasteiger partial charge in [-0.2, -0.15) is 0 Å². The number of rotatable bonds is 5. The lowest BCUT2D eigenvalue weighted by Gasteiger charge is -2.05. The van der Waals surface area contributed by atoms with Gasteiger partial charge in [-0.05, 0) is 0 Å². The molecule has 0 saturated carbocycles. The maximum Gasteiger partial charge on any atom is 0.410 e.